The molecular weight excluding hydrogens is 291 g/mol. The number of thiophene rings is 1. The molecular formula is C14H17FN4OS. The number of likely N-dealkylation sites (N-methyl/N-ethyl adjacent to an activating group) is 1. The van der Waals surface area contributed by atoms with Gasteiger partial charge in [0.1, 0.15) is 0 Å². The van der Waals surface area contributed by atoms with E-state index in [0.717, 1.165) is 6.42 Å². The minimum absolute atomic E-state index is 0.0431. The van der Waals surface area contributed by atoms with Crippen LogP contribution in [0.15, 0.2) is 29.8 Å². The Hall–Kier alpha value is -1.99. The van der Waals surface area contributed by atoms with E-state index in [4.69, 9.17) is 5.84 Å². The van der Waals surface area contributed by atoms with Gasteiger partial charge in [-0.3, -0.25) is 4.79 Å². The number of nitrogens with zero attached hydrogens (tertiary/aromatic N) is 2. The van der Waals surface area contributed by atoms with Gasteiger partial charge < -0.3 is 10.3 Å². The summed E-state index contributed by atoms with van der Waals surface area (Å²) in [6, 6.07) is 5.30. The first-order valence-electron chi connectivity index (χ1n) is 6.45. The summed E-state index contributed by atoms with van der Waals surface area (Å²) < 4.78 is 14.1. The first kappa shape index (κ1) is 15.4. The third-order valence-electron chi connectivity index (χ3n) is 3.31. The highest BCUT2D eigenvalue weighted by molar-refractivity contribution is 7.09. The van der Waals surface area contributed by atoms with Crippen molar-refractivity contribution in [3.05, 3.63) is 46.0 Å². The number of nitrogens with one attached hydrogen (secondary N) is 1. The molecule has 0 spiro atoms. The van der Waals surface area contributed by atoms with Crippen LogP contribution in [0.25, 0.3) is 0 Å². The molecule has 0 aliphatic heterocycles. The molecule has 1 unspecified atom stereocenters. The molecule has 3 N–H and O–H groups in total. The highest BCUT2D eigenvalue weighted by Crippen LogP contribution is 2.18. The van der Waals surface area contributed by atoms with Crippen LogP contribution in [0.3, 0.4) is 0 Å². The summed E-state index contributed by atoms with van der Waals surface area (Å²) in [6.07, 6.45) is 2.08. The molecule has 2 aromatic heterocycles. The van der Waals surface area contributed by atoms with Crippen molar-refractivity contribution in [3.8, 4) is 0 Å². The Morgan fingerprint density at radius 1 is 1.57 bits per heavy atom. The molecule has 7 heteroatoms. The van der Waals surface area contributed by atoms with Gasteiger partial charge in [-0.25, -0.2) is 15.2 Å². The molecule has 2 rings (SSSR count). The van der Waals surface area contributed by atoms with Crippen molar-refractivity contribution < 1.29 is 9.18 Å². The molecule has 0 aliphatic rings. The third-order valence-corrected chi connectivity index (χ3v) is 4.21. The number of carbonyl (C=O) groups is 1. The van der Waals surface area contributed by atoms with Gasteiger partial charge in [0.2, 0.25) is 0 Å². The first-order valence-corrected chi connectivity index (χ1v) is 7.33. The Balaban J connectivity index is 2.15. The van der Waals surface area contributed by atoms with E-state index in [-0.39, 0.29) is 17.4 Å². The number of rotatable bonds is 5. The van der Waals surface area contributed by atoms with E-state index in [9.17, 15) is 9.18 Å². The van der Waals surface area contributed by atoms with Gasteiger partial charge in [-0.15, -0.1) is 11.3 Å². The van der Waals surface area contributed by atoms with Gasteiger partial charge in [0, 0.05) is 30.6 Å². The topological polar surface area (TPSA) is 71.2 Å². The summed E-state index contributed by atoms with van der Waals surface area (Å²) >= 11 is 1.64. The number of halogens is 1. The summed E-state index contributed by atoms with van der Waals surface area (Å²) in [5, 5.41) is 1.99. The molecule has 0 saturated carbocycles. The Morgan fingerprint density at radius 3 is 2.95 bits per heavy atom. The monoisotopic (exact) mass is 308 g/mol. The Labute approximate surface area is 126 Å². The maximum absolute atomic E-state index is 14.1. The van der Waals surface area contributed by atoms with Gasteiger partial charge in [-0.2, -0.15) is 0 Å². The van der Waals surface area contributed by atoms with E-state index in [0.29, 0.717) is 0 Å². The lowest BCUT2D eigenvalue weighted by Crippen LogP contribution is -2.37. The number of aromatic nitrogens is 1. The number of carbonyl (C=O) groups excluding carboxylic acids is 1. The fraction of sp³-hybridized carbons (Fsp3) is 0.286. The summed E-state index contributed by atoms with van der Waals surface area (Å²) in [5.41, 5.74) is 2.10. The molecule has 0 saturated heterocycles. The quantitative estimate of drug-likeness (QED) is 0.656. The number of pyridine rings is 1. The summed E-state index contributed by atoms with van der Waals surface area (Å²) in [5.74, 6) is 3.90. The van der Waals surface area contributed by atoms with Crippen molar-refractivity contribution in [1.29, 1.82) is 0 Å². The molecule has 2 aromatic rings. The zero-order chi connectivity index (χ0) is 15.4. The fourth-order valence-corrected chi connectivity index (χ4v) is 2.78. The second kappa shape index (κ2) is 6.64. The van der Waals surface area contributed by atoms with Crippen LogP contribution in [0.1, 0.15) is 22.2 Å². The molecule has 0 aromatic carbocycles. The first-order chi connectivity index (χ1) is 10.0. The molecule has 1 atom stereocenters. The van der Waals surface area contributed by atoms with Crippen LogP contribution in [-0.2, 0) is 6.42 Å². The molecule has 112 valence electrons. The average molecular weight is 308 g/mol. The SMILES string of the molecule is CC(Cc1cccs1)N(C)C(=O)c1ccnc(NN)c1F. The number of hydrogen-bond donors (Lipinski definition) is 2. The van der Waals surface area contributed by atoms with Gasteiger partial charge in [0.05, 0.1) is 5.56 Å². The predicted molar refractivity (Wildman–Crippen MR) is 81.6 cm³/mol. The highest BCUT2D eigenvalue weighted by atomic mass is 32.1. The zero-order valence-corrected chi connectivity index (χ0v) is 12.7. The van der Waals surface area contributed by atoms with E-state index in [1.165, 1.54) is 22.0 Å². The van der Waals surface area contributed by atoms with Crippen molar-refractivity contribution in [2.24, 2.45) is 5.84 Å². The second-order valence-electron chi connectivity index (χ2n) is 4.71. The van der Waals surface area contributed by atoms with Crippen molar-refractivity contribution in [1.82, 2.24) is 9.88 Å². The maximum atomic E-state index is 14.1. The van der Waals surface area contributed by atoms with Crippen LogP contribution in [0.5, 0.6) is 0 Å². The van der Waals surface area contributed by atoms with E-state index in [1.807, 2.05) is 24.4 Å². The van der Waals surface area contributed by atoms with Crippen LogP contribution >= 0.6 is 11.3 Å². The van der Waals surface area contributed by atoms with Crippen LogP contribution in [0, 0.1) is 5.82 Å². The van der Waals surface area contributed by atoms with E-state index < -0.39 is 11.7 Å². The molecule has 0 aliphatic carbocycles. The Kier molecular flexibility index (Phi) is 4.87. The smallest absolute Gasteiger partial charge is 0.257 e. The number of hydrogen-bond acceptors (Lipinski definition) is 5. The van der Waals surface area contributed by atoms with Gasteiger partial charge in [0.15, 0.2) is 11.6 Å². The molecule has 21 heavy (non-hydrogen) atoms. The number of anilines is 1. The third kappa shape index (κ3) is 3.37. The number of amides is 1. The van der Waals surface area contributed by atoms with Crippen molar-refractivity contribution >= 4 is 23.1 Å². The van der Waals surface area contributed by atoms with E-state index in [1.54, 1.807) is 18.4 Å². The van der Waals surface area contributed by atoms with Crippen LogP contribution in [0.4, 0.5) is 10.2 Å². The molecule has 5 nitrogen and oxygen atoms in total. The second-order valence-corrected chi connectivity index (χ2v) is 5.75. The van der Waals surface area contributed by atoms with Crippen LogP contribution in [0.2, 0.25) is 0 Å². The Bertz CT molecular complexity index is 617. The average Bonchev–Trinajstić information content (AvgIpc) is 2.99. The van der Waals surface area contributed by atoms with Crippen molar-refractivity contribution in [3.63, 3.8) is 0 Å². The molecule has 2 heterocycles. The summed E-state index contributed by atoms with van der Waals surface area (Å²) in [4.78, 5) is 18.8. The normalized spacial score (nSPS) is 12.0. The molecule has 1 amide bonds. The number of hydrazine groups is 1. The van der Waals surface area contributed by atoms with Crippen LogP contribution in [-0.4, -0.2) is 28.9 Å². The number of nitrogen functional groups attached to an aromatic ring is 1. The lowest BCUT2D eigenvalue weighted by molar-refractivity contribution is 0.0739. The van der Waals surface area contributed by atoms with Gasteiger partial charge in [-0.05, 0) is 24.4 Å². The van der Waals surface area contributed by atoms with Crippen molar-refractivity contribution in [2.75, 3.05) is 12.5 Å². The molecule has 0 fully saturated rings. The standard InChI is InChI=1S/C14H17FN4OS/c1-9(8-10-4-3-7-21-10)19(2)14(20)11-5-6-17-13(18-16)12(11)15/h3-7,9H,8,16H2,1-2H3,(H,17,18). The van der Waals surface area contributed by atoms with Gasteiger partial charge in [0.25, 0.3) is 5.91 Å². The largest absolute Gasteiger partial charge is 0.339 e. The number of nitrogens with two attached hydrogens (primary N) is 1. The maximum Gasteiger partial charge on any atom is 0.257 e. The summed E-state index contributed by atoms with van der Waals surface area (Å²) in [7, 11) is 1.66. The van der Waals surface area contributed by atoms with Gasteiger partial charge >= 0.3 is 0 Å². The minimum atomic E-state index is -0.736. The lowest BCUT2D eigenvalue weighted by Gasteiger charge is -2.25. The Morgan fingerprint density at radius 2 is 2.33 bits per heavy atom. The lowest BCUT2D eigenvalue weighted by atomic mass is 10.1. The zero-order valence-electron chi connectivity index (χ0n) is 11.8. The summed E-state index contributed by atoms with van der Waals surface area (Å²) in [6.45, 7) is 1.93. The van der Waals surface area contributed by atoms with E-state index >= 15 is 0 Å². The predicted octanol–water partition coefficient (Wildman–Crippen LogP) is 2.27. The van der Waals surface area contributed by atoms with Gasteiger partial charge in [-0.1, -0.05) is 6.07 Å². The molecule has 0 radical (unpaired) electrons. The van der Waals surface area contributed by atoms with E-state index in [2.05, 4.69) is 10.4 Å². The fourth-order valence-electron chi connectivity index (χ4n) is 1.96. The van der Waals surface area contributed by atoms with Crippen LogP contribution < -0.4 is 11.3 Å². The highest BCUT2D eigenvalue weighted by Gasteiger charge is 2.22. The molecule has 0 bridgehead atoms. The van der Waals surface area contributed by atoms with Crippen molar-refractivity contribution in [2.45, 2.75) is 19.4 Å². The minimum Gasteiger partial charge on any atom is -0.339 e.